The quantitative estimate of drug-likeness (QED) is 0.503. The Balaban J connectivity index is 1.87. The van der Waals surface area contributed by atoms with Gasteiger partial charge in [0.2, 0.25) is 0 Å². The van der Waals surface area contributed by atoms with Crippen molar-refractivity contribution in [1.29, 1.82) is 0 Å². The molecule has 23 heavy (non-hydrogen) atoms. The van der Waals surface area contributed by atoms with Gasteiger partial charge in [0, 0.05) is 6.07 Å². The minimum atomic E-state index is -0.510. The summed E-state index contributed by atoms with van der Waals surface area (Å²) < 4.78 is 5.29. The van der Waals surface area contributed by atoms with E-state index < -0.39 is 10.8 Å². The van der Waals surface area contributed by atoms with Gasteiger partial charge in [-0.2, -0.15) is 5.10 Å². The van der Waals surface area contributed by atoms with E-state index in [0.717, 1.165) is 5.56 Å². The molecule has 0 aliphatic rings. The molecule has 0 aliphatic heterocycles. The first-order valence-electron chi connectivity index (χ1n) is 6.81. The molecule has 7 heteroatoms. The summed E-state index contributed by atoms with van der Waals surface area (Å²) in [6.07, 6.45) is 1.22. The predicted octanol–water partition coefficient (Wildman–Crippen LogP) is 2.43. The van der Waals surface area contributed by atoms with Crippen LogP contribution >= 0.6 is 0 Å². The summed E-state index contributed by atoms with van der Waals surface area (Å²) in [5.41, 5.74) is 3.58. The molecule has 0 spiro atoms. The third-order valence-corrected chi connectivity index (χ3v) is 2.92. The van der Waals surface area contributed by atoms with Gasteiger partial charge in [-0.15, -0.1) is 0 Å². The number of hydrazone groups is 1. The van der Waals surface area contributed by atoms with Crippen LogP contribution in [0.15, 0.2) is 53.6 Å². The Bertz CT molecular complexity index is 726. The SMILES string of the molecule is Cc1ccc(OCC(=O)N/N=C/c2ccccc2[N+](=O)[O-])cc1. The fraction of sp³-hybridized carbons (Fsp3) is 0.125. The van der Waals surface area contributed by atoms with Crippen LogP contribution < -0.4 is 10.2 Å². The summed E-state index contributed by atoms with van der Waals surface area (Å²) in [6.45, 7) is 1.76. The Hall–Kier alpha value is -3.22. The lowest BCUT2D eigenvalue weighted by Crippen LogP contribution is -2.24. The van der Waals surface area contributed by atoms with Gasteiger partial charge in [-0.25, -0.2) is 5.43 Å². The molecule has 0 aromatic heterocycles. The predicted molar refractivity (Wildman–Crippen MR) is 85.5 cm³/mol. The lowest BCUT2D eigenvalue weighted by atomic mass is 10.2. The Morgan fingerprint density at radius 1 is 1.26 bits per heavy atom. The first kappa shape index (κ1) is 16.2. The van der Waals surface area contributed by atoms with E-state index in [1.807, 2.05) is 19.1 Å². The van der Waals surface area contributed by atoms with E-state index in [4.69, 9.17) is 4.74 Å². The first-order chi connectivity index (χ1) is 11.1. The molecule has 0 saturated carbocycles. The molecule has 1 N–H and O–H groups in total. The molecular weight excluding hydrogens is 298 g/mol. The van der Waals surface area contributed by atoms with Crippen molar-refractivity contribution >= 4 is 17.8 Å². The van der Waals surface area contributed by atoms with Gasteiger partial charge in [-0.05, 0) is 25.1 Å². The minimum absolute atomic E-state index is 0.0820. The van der Waals surface area contributed by atoms with Gasteiger partial charge in [0.15, 0.2) is 6.61 Å². The molecule has 0 heterocycles. The highest BCUT2D eigenvalue weighted by Gasteiger charge is 2.10. The number of nitrogens with one attached hydrogen (secondary N) is 1. The molecule has 0 bridgehead atoms. The smallest absolute Gasteiger partial charge is 0.278 e. The molecule has 1 amide bonds. The molecule has 7 nitrogen and oxygen atoms in total. The van der Waals surface area contributed by atoms with Crippen LogP contribution in [0.2, 0.25) is 0 Å². The van der Waals surface area contributed by atoms with Crippen molar-refractivity contribution in [3.05, 3.63) is 69.8 Å². The highest BCUT2D eigenvalue weighted by atomic mass is 16.6. The summed E-state index contributed by atoms with van der Waals surface area (Å²) in [5, 5.41) is 14.5. The number of carbonyl (C=O) groups is 1. The monoisotopic (exact) mass is 313 g/mol. The van der Waals surface area contributed by atoms with Crippen LogP contribution in [0, 0.1) is 17.0 Å². The summed E-state index contributed by atoms with van der Waals surface area (Å²) in [5.74, 6) is 0.119. The molecule has 0 saturated heterocycles. The Morgan fingerprint density at radius 3 is 2.65 bits per heavy atom. The number of benzene rings is 2. The van der Waals surface area contributed by atoms with Crippen LogP contribution in [0.5, 0.6) is 5.75 Å². The zero-order valence-electron chi connectivity index (χ0n) is 12.4. The molecule has 118 valence electrons. The number of nitro benzene ring substituents is 1. The van der Waals surface area contributed by atoms with Gasteiger partial charge in [0.05, 0.1) is 16.7 Å². The fourth-order valence-electron chi connectivity index (χ4n) is 1.75. The van der Waals surface area contributed by atoms with Gasteiger partial charge in [-0.1, -0.05) is 29.8 Å². The highest BCUT2D eigenvalue weighted by molar-refractivity contribution is 5.86. The second-order valence-corrected chi connectivity index (χ2v) is 4.71. The molecule has 0 atom stereocenters. The zero-order chi connectivity index (χ0) is 16.7. The van der Waals surface area contributed by atoms with Crippen LogP contribution in [-0.2, 0) is 4.79 Å². The van der Waals surface area contributed by atoms with Gasteiger partial charge in [-0.3, -0.25) is 14.9 Å². The average Bonchev–Trinajstić information content (AvgIpc) is 2.54. The zero-order valence-corrected chi connectivity index (χ0v) is 12.4. The minimum Gasteiger partial charge on any atom is -0.484 e. The van der Waals surface area contributed by atoms with Crippen LogP contribution in [0.4, 0.5) is 5.69 Å². The van der Waals surface area contributed by atoms with Crippen molar-refractivity contribution in [3.8, 4) is 5.75 Å². The molecule has 0 radical (unpaired) electrons. The van der Waals surface area contributed by atoms with Crippen molar-refractivity contribution in [3.63, 3.8) is 0 Å². The summed E-state index contributed by atoms with van der Waals surface area (Å²) in [6, 6.07) is 13.4. The molecule has 2 aromatic carbocycles. The average molecular weight is 313 g/mol. The summed E-state index contributed by atoms with van der Waals surface area (Å²) in [7, 11) is 0. The molecule has 0 unspecified atom stereocenters. The van der Waals surface area contributed by atoms with Gasteiger partial charge in [0.1, 0.15) is 5.75 Å². The standard InChI is InChI=1S/C16H15N3O4/c1-12-6-8-14(9-7-12)23-11-16(20)18-17-10-13-4-2-3-5-15(13)19(21)22/h2-10H,11H2,1H3,(H,18,20)/b17-10+. The van der Waals surface area contributed by atoms with E-state index in [1.54, 1.807) is 24.3 Å². The number of para-hydroxylation sites is 1. The van der Waals surface area contributed by atoms with Crippen LogP contribution in [-0.4, -0.2) is 23.7 Å². The third kappa shape index (κ3) is 4.92. The number of nitro groups is 1. The number of rotatable bonds is 6. The number of aryl methyl sites for hydroxylation is 1. The topological polar surface area (TPSA) is 93.8 Å². The van der Waals surface area contributed by atoms with Crippen molar-refractivity contribution in [2.75, 3.05) is 6.61 Å². The van der Waals surface area contributed by atoms with Crippen LogP contribution in [0.25, 0.3) is 0 Å². The summed E-state index contributed by atoms with van der Waals surface area (Å²) >= 11 is 0. The summed E-state index contributed by atoms with van der Waals surface area (Å²) in [4.78, 5) is 21.9. The number of hydrogen-bond donors (Lipinski definition) is 1. The highest BCUT2D eigenvalue weighted by Crippen LogP contribution is 2.15. The molecule has 0 aliphatic carbocycles. The van der Waals surface area contributed by atoms with E-state index in [1.165, 1.54) is 18.3 Å². The second-order valence-electron chi connectivity index (χ2n) is 4.71. The Kier molecular flexibility index (Phi) is 5.40. The van der Waals surface area contributed by atoms with Crippen LogP contribution in [0.3, 0.4) is 0 Å². The van der Waals surface area contributed by atoms with E-state index in [0.29, 0.717) is 11.3 Å². The Labute approximate surface area is 132 Å². The number of hydrogen-bond acceptors (Lipinski definition) is 5. The van der Waals surface area contributed by atoms with E-state index >= 15 is 0 Å². The van der Waals surface area contributed by atoms with Crippen molar-refractivity contribution in [1.82, 2.24) is 5.43 Å². The van der Waals surface area contributed by atoms with E-state index in [9.17, 15) is 14.9 Å². The van der Waals surface area contributed by atoms with Gasteiger partial charge >= 0.3 is 0 Å². The van der Waals surface area contributed by atoms with Crippen molar-refractivity contribution in [2.24, 2.45) is 5.10 Å². The number of nitrogens with zero attached hydrogens (tertiary/aromatic N) is 2. The van der Waals surface area contributed by atoms with E-state index in [2.05, 4.69) is 10.5 Å². The molecular formula is C16H15N3O4. The third-order valence-electron chi connectivity index (χ3n) is 2.92. The maximum absolute atomic E-state index is 11.6. The number of ether oxygens (including phenoxy) is 1. The maximum Gasteiger partial charge on any atom is 0.278 e. The molecule has 2 rings (SSSR count). The van der Waals surface area contributed by atoms with Gasteiger partial charge < -0.3 is 4.74 Å². The first-order valence-corrected chi connectivity index (χ1v) is 6.81. The maximum atomic E-state index is 11.6. The molecule has 0 fully saturated rings. The fourth-order valence-corrected chi connectivity index (χ4v) is 1.75. The van der Waals surface area contributed by atoms with Crippen molar-refractivity contribution < 1.29 is 14.5 Å². The normalized spacial score (nSPS) is 10.5. The van der Waals surface area contributed by atoms with Crippen LogP contribution in [0.1, 0.15) is 11.1 Å². The van der Waals surface area contributed by atoms with E-state index in [-0.39, 0.29) is 12.3 Å². The second kappa shape index (κ2) is 7.69. The number of carbonyl (C=O) groups excluding carboxylic acids is 1. The lowest BCUT2D eigenvalue weighted by Gasteiger charge is -2.05. The van der Waals surface area contributed by atoms with Crippen molar-refractivity contribution in [2.45, 2.75) is 6.92 Å². The molecule has 2 aromatic rings. The largest absolute Gasteiger partial charge is 0.484 e. The lowest BCUT2D eigenvalue weighted by molar-refractivity contribution is -0.385. The van der Waals surface area contributed by atoms with Gasteiger partial charge in [0.25, 0.3) is 11.6 Å². The Morgan fingerprint density at radius 2 is 1.96 bits per heavy atom. The number of amides is 1.